The third-order valence-corrected chi connectivity index (χ3v) is 5.16. The molecule has 2 nitrogen and oxygen atoms in total. The van der Waals surface area contributed by atoms with Crippen LogP contribution in [0.1, 0.15) is 24.6 Å². The number of hydrogen-bond acceptors (Lipinski definition) is 3. The summed E-state index contributed by atoms with van der Waals surface area (Å²) in [5.74, 6) is 1.38. The molecule has 0 aromatic carbocycles. The first kappa shape index (κ1) is 13.3. The third-order valence-electron chi connectivity index (χ3n) is 3.79. The Hall–Kier alpha value is -0.0900. The van der Waals surface area contributed by atoms with Gasteiger partial charge in [-0.3, -0.25) is 0 Å². The highest BCUT2D eigenvalue weighted by atomic mass is 35.5. The number of hydrogen-bond donors (Lipinski definition) is 1. The molecule has 1 aromatic heterocycles. The topological polar surface area (TPSA) is 21.3 Å². The van der Waals surface area contributed by atoms with E-state index < -0.39 is 0 Å². The average Bonchev–Trinajstić information content (AvgIpc) is 2.60. The fraction of sp³-hybridized carbons (Fsp3) is 0.692. The molecule has 17 heavy (non-hydrogen) atoms. The predicted molar refractivity (Wildman–Crippen MR) is 74.1 cm³/mol. The van der Waals surface area contributed by atoms with E-state index in [2.05, 4.69) is 25.2 Å². The van der Waals surface area contributed by atoms with E-state index in [9.17, 15) is 0 Å². The van der Waals surface area contributed by atoms with Crippen LogP contribution in [-0.4, -0.2) is 26.8 Å². The second kappa shape index (κ2) is 5.27. The lowest BCUT2D eigenvalue weighted by molar-refractivity contribution is 0.198. The predicted octanol–water partition coefficient (Wildman–Crippen LogP) is 3.38. The molecule has 96 valence electrons. The lowest BCUT2D eigenvalue weighted by Crippen LogP contribution is -2.22. The Morgan fingerprint density at radius 3 is 2.88 bits per heavy atom. The summed E-state index contributed by atoms with van der Waals surface area (Å²) in [5.41, 5.74) is 0.397. The summed E-state index contributed by atoms with van der Waals surface area (Å²) < 4.78 is 5.03. The molecule has 0 saturated heterocycles. The van der Waals surface area contributed by atoms with E-state index in [1.54, 1.807) is 18.4 Å². The second-order valence-corrected chi connectivity index (χ2v) is 6.65. The van der Waals surface area contributed by atoms with Crippen LogP contribution in [0.15, 0.2) is 11.4 Å². The SMILES string of the molecule is COCCNCC1C(c2cc(Cl)cs2)C1(C)C. The molecule has 1 fully saturated rings. The number of methoxy groups -OCH3 is 1. The van der Waals surface area contributed by atoms with Gasteiger partial charge in [0, 0.05) is 29.8 Å². The van der Waals surface area contributed by atoms with Crippen LogP contribution < -0.4 is 5.32 Å². The van der Waals surface area contributed by atoms with Gasteiger partial charge in [-0.2, -0.15) is 0 Å². The van der Waals surface area contributed by atoms with Crippen LogP contribution in [0.25, 0.3) is 0 Å². The molecular weight excluding hydrogens is 254 g/mol. The van der Waals surface area contributed by atoms with Crippen molar-refractivity contribution in [2.45, 2.75) is 19.8 Å². The van der Waals surface area contributed by atoms with Gasteiger partial charge in [-0.05, 0) is 23.9 Å². The van der Waals surface area contributed by atoms with Gasteiger partial charge < -0.3 is 10.1 Å². The molecule has 1 N–H and O–H groups in total. The smallest absolute Gasteiger partial charge is 0.0587 e. The first-order chi connectivity index (χ1) is 8.07. The largest absolute Gasteiger partial charge is 0.383 e. The van der Waals surface area contributed by atoms with Crippen molar-refractivity contribution in [3.8, 4) is 0 Å². The quantitative estimate of drug-likeness (QED) is 0.803. The van der Waals surface area contributed by atoms with Crippen LogP contribution >= 0.6 is 22.9 Å². The summed E-state index contributed by atoms with van der Waals surface area (Å²) in [7, 11) is 1.74. The zero-order valence-electron chi connectivity index (χ0n) is 10.6. The minimum Gasteiger partial charge on any atom is -0.383 e. The third kappa shape index (κ3) is 2.84. The van der Waals surface area contributed by atoms with E-state index >= 15 is 0 Å². The highest BCUT2D eigenvalue weighted by Gasteiger charge is 2.58. The Labute approximate surface area is 112 Å². The number of rotatable bonds is 6. The lowest BCUT2D eigenvalue weighted by Gasteiger charge is -2.04. The van der Waals surface area contributed by atoms with Crippen LogP contribution in [0.4, 0.5) is 0 Å². The van der Waals surface area contributed by atoms with Crippen LogP contribution in [0.5, 0.6) is 0 Å². The molecule has 0 spiro atoms. The lowest BCUT2D eigenvalue weighted by atomic mass is 10.1. The van der Waals surface area contributed by atoms with E-state index in [0.29, 0.717) is 17.3 Å². The fourth-order valence-corrected chi connectivity index (χ4v) is 4.06. The maximum absolute atomic E-state index is 6.00. The van der Waals surface area contributed by atoms with Crippen LogP contribution in [0, 0.1) is 11.3 Å². The van der Waals surface area contributed by atoms with Gasteiger partial charge in [0.05, 0.1) is 11.6 Å². The van der Waals surface area contributed by atoms with E-state index in [-0.39, 0.29) is 0 Å². The molecule has 0 amide bonds. The zero-order chi connectivity index (χ0) is 12.5. The Morgan fingerprint density at radius 2 is 2.29 bits per heavy atom. The van der Waals surface area contributed by atoms with E-state index in [1.165, 1.54) is 4.88 Å². The molecule has 1 aliphatic carbocycles. The van der Waals surface area contributed by atoms with Gasteiger partial charge in [-0.25, -0.2) is 0 Å². The monoisotopic (exact) mass is 273 g/mol. The molecule has 2 rings (SSSR count). The van der Waals surface area contributed by atoms with E-state index in [0.717, 1.165) is 24.7 Å². The summed E-state index contributed by atoms with van der Waals surface area (Å²) in [6.45, 7) is 7.46. The maximum Gasteiger partial charge on any atom is 0.0587 e. The van der Waals surface area contributed by atoms with Gasteiger partial charge in [0.15, 0.2) is 0 Å². The van der Waals surface area contributed by atoms with Gasteiger partial charge in [0.25, 0.3) is 0 Å². The number of thiophene rings is 1. The van der Waals surface area contributed by atoms with Crippen molar-refractivity contribution in [1.29, 1.82) is 0 Å². The average molecular weight is 274 g/mol. The molecule has 1 saturated carbocycles. The standard InChI is InChI=1S/C13H20ClNOS/c1-13(2)10(7-15-4-5-16-3)12(13)11-6-9(14)8-17-11/h6,8,10,12,15H,4-5,7H2,1-3H3. The number of nitrogens with one attached hydrogen (secondary N) is 1. The van der Waals surface area contributed by atoms with Gasteiger partial charge >= 0.3 is 0 Å². The summed E-state index contributed by atoms with van der Waals surface area (Å²) in [6, 6.07) is 2.12. The molecule has 0 aliphatic heterocycles. The Balaban J connectivity index is 1.88. The van der Waals surface area contributed by atoms with Gasteiger partial charge in [-0.15, -0.1) is 11.3 Å². The van der Waals surface area contributed by atoms with Gasteiger partial charge in [0.2, 0.25) is 0 Å². The molecule has 4 heteroatoms. The minimum absolute atomic E-state index is 0.397. The Kier molecular flexibility index (Phi) is 4.14. The van der Waals surface area contributed by atoms with E-state index in [4.69, 9.17) is 16.3 Å². The molecule has 1 heterocycles. The van der Waals surface area contributed by atoms with Crippen LogP contribution in [-0.2, 0) is 4.74 Å². The summed E-state index contributed by atoms with van der Waals surface area (Å²) in [4.78, 5) is 1.43. The van der Waals surface area contributed by atoms with Gasteiger partial charge in [-0.1, -0.05) is 25.4 Å². The Morgan fingerprint density at radius 1 is 1.53 bits per heavy atom. The van der Waals surface area contributed by atoms with Crippen molar-refractivity contribution in [3.63, 3.8) is 0 Å². The first-order valence-corrected chi connectivity index (χ1v) is 7.26. The molecule has 2 unspecified atom stereocenters. The van der Waals surface area contributed by atoms with E-state index in [1.807, 2.05) is 5.38 Å². The highest BCUT2D eigenvalue weighted by molar-refractivity contribution is 7.10. The molecule has 1 aliphatic rings. The highest BCUT2D eigenvalue weighted by Crippen LogP contribution is 2.65. The fourth-order valence-electron chi connectivity index (χ4n) is 2.61. The van der Waals surface area contributed by atoms with Crippen molar-refractivity contribution in [2.24, 2.45) is 11.3 Å². The normalized spacial score (nSPS) is 26.1. The number of ether oxygens (including phenoxy) is 1. The molecule has 1 aromatic rings. The first-order valence-electron chi connectivity index (χ1n) is 6.01. The molecular formula is C13H20ClNOS. The summed E-state index contributed by atoms with van der Waals surface area (Å²) in [5, 5.41) is 6.36. The molecule has 0 bridgehead atoms. The van der Waals surface area contributed by atoms with Crippen molar-refractivity contribution < 1.29 is 4.74 Å². The number of halogens is 1. The van der Waals surface area contributed by atoms with Gasteiger partial charge in [0.1, 0.15) is 0 Å². The Bertz CT molecular complexity index is 377. The molecule has 2 atom stereocenters. The minimum atomic E-state index is 0.397. The maximum atomic E-state index is 6.00. The molecule has 0 radical (unpaired) electrons. The second-order valence-electron chi connectivity index (χ2n) is 5.27. The summed E-state index contributed by atoms with van der Waals surface area (Å²) in [6.07, 6.45) is 0. The van der Waals surface area contributed by atoms with Crippen molar-refractivity contribution in [3.05, 3.63) is 21.3 Å². The van der Waals surface area contributed by atoms with Crippen LogP contribution in [0.2, 0.25) is 5.02 Å². The summed E-state index contributed by atoms with van der Waals surface area (Å²) >= 11 is 7.78. The zero-order valence-corrected chi connectivity index (χ0v) is 12.2. The van der Waals surface area contributed by atoms with Crippen molar-refractivity contribution in [2.75, 3.05) is 26.8 Å². The van der Waals surface area contributed by atoms with Crippen LogP contribution in [0.3, 0.4) is 0 Å². The van der Waals surface area contributed by atoms with Crippen molar-refractivity contribution in [1.82, 2.24) is 5.32 Å². The van der Waals surface area contributed by atoms with Crippen molar-refractivity contribution >= 4 is 22.9 Å².